The van der Waals surface area contributed by atoms with Gasteiger partial charge in [-0.1, -0.05) is 6.07 Å². The van der Waals surface area contributed by atoms with E-state index in [1.165, 1.54) is 21.1 Å². The normalized spacial score (nSPS) is 26.5. The average Bonchev–Trinajstić information content (AvgIpc) is 3.65. The Morgan fingerprint density at radius 2 is 1.96 bits per heavy atom. The Balaban J connectivity index is 1.24. The lowest BCUT2D eigenvalue weighted by molar-refractivity contribution is -0.163. The van der Waals surface area contributed by atoms with Gasteiger partial charge in [0.15, 0.2) is 23.6 Å². The maximum Gasteiger partial charge on any atom is 0.415 e. The summed E-state index contributed by atoms with van der Waals surface area (Å²) in [6.45, 7) is 0.113. The number of benzene rings is 1. The van der Waals surface area contributed by atoms with Gasteiger partial charge in [-0.05, 0) is 57.0 Å². The second-order valence-electron chi connectivity index (χ2n) is 14.5. The molecule has 2 aliphatic carbocycles. The number of hydrazine groups is 1. The van der Waals surface area contributed by atoms with Gasteiger partial charge in [-0.2, -0.15) is 0 Å². The summed E-state index contributed by atoms with van der Waals surface area (Å²) in [4.78, 5) is 84.7. The van der Waals surface area contributed by atoms with E-state index in [2.05, 4.69) is 20.5 Å². The highest BCUT2D eigenvalue weighted by Gasteiger charge is 2.72. The molecule has 5 aliphatic rings. The number of carboxylic acids is 1. The third-order valence-corrected chi connectivity index (χ3v) is 11.3. The van der Waals surface area contributed by atoms with Crippen LogP contribution in [0.5, 0.6) is 11.5 Å². The highest BCUT2D eigenvalue weighted by Crippen LogP contribution is 2.65. The number of nitrogens with one attached hydrogen (secondary N) is 2. The number of hydrogen-bond acceptors (Lipinski definition) is 12. The Bertz CT molecular complexity index is 1850. The summed E-state index contributed by atoms with van der Waals surface area (Å²) in [5.74, 6) is -3.45. The summed E-state index contributed by atoms with van der Waals surface area (Å²) in [6.07, 6.45) is 1.15. The summed E-state index contributed by atoms with van der Waals surface area (Å²) in [5.41, 5.74) is 10.4. The molecule has 1 aromatic carbocycles. The number of guanidine groups is 1. The number of aliphatic imine (C=N–C) groups is 1. The number of aliphatic hydroxyl groups is 1. The van der Waals surface area contributed by atoms with Gasteiger partial charge in [0.1, 0.15) is 24.4 Å². The van der Waals surface area contributed by atoms with Gasteiger partial charge in [-0.3, -0.25) is 33.9 Å². The van der Waals surface area contributed by atoms with Crippen LogP contribution in [-0.2, 0) is 40.5 Å². The number of likely N-dealkylation sites (tertiary alicyclic amines) is 1. The molecule has 6 atom stereocenters. The fraction of sp³-hybridized carbons (Fsp3) is 0.571. The van der Waals surface area contributed by atoms with Gasteiger partial charge in [0.25, 0.3) is 11.8 Å². The lowest BCUT2D eigenvalue weighted by atomic mass is 9.50. The number of carboxylic acid groups (broad SMARTS) is 1. The van der Waals surface area contributed by atoms with E-state index in [1.54, 1.807) is 6.08 Å². The van der Waals surface area contributed by atoms with Gasteiger partial charge in [0.05, 0.1) is 31.2 Å². The van der Waals surface area contributed by atoms with Gasteiger partial charge in [0, 0.05) is 38.5 Å². The topological polar surface area (TPSA) is 272 Å². The van der Waals surface area contributed by atoms with Crippen LogP contribution in [0.25, 0.3) is 0 Å². The molecule has 20 heteroatoms. The number of ether oxygens (including phenoxy) is 3. The molecule has 6 rings (SSSR count). The summed E-state index contributed by atoms with van der Waals surface area (Å²) in [6, 6.07) is 0.872. The van der Waals surface area contributed by atoms with Crippen molar-refractivity contribution < 1.29 is 53.2 Å². The molecule has 1 aromatic rings. The maximum absolute atomic E-state index is 14.0. The molecule has 0 unspecified atom stereocenters. The molecule has 20 nitrogen and oxygen atoms in total. The van der Waals surface area contributed by atoms with E-state index in [0.717, 1.165) is 21.0 Å². The highest BCUT2D eigenvalue weighted by atomic mass is 16.6. The van der Waals surface area contributed by atoms with Crippen LogP contribution < -0.4 is 31.6 Å². The Labute approximate surface area is 316 Å². The lowest BCUT2D eigenvalue weighted by Gasteiger charge is -2.61. The first-order valence-electron chi connectivity index (χ1n) is 17.9. The van der Waals surface area contributed by atoms with Crippen molar-refractivity contribution in [3.8, 4) is 11.5 Å². The monoisotopic (exact) mass is 769 g/mol. The third-order valence-electron chi connectivity index (χ3n) is 11.3. The summed E-state index contributed by atoms with van der Waals surface area (Å²) in [5, 5.41) is 28.6. The first kappa shape index (κ1) is 39.1. The molecule has 3 aliphatic heterocycles. The number of nitrogens with two attached hydrogens (primary N) is 2. The molecule has 2 saturated heterocycles. The Kier molecular flexibility index (Phi) is 10.6. The van der Waals surface area contributed by atoms with Gasteiger partial charge in [-0.25, -0.2) is 14.8 Å². The van der Waals surface area contributed by atoms with Crippen molar-refractivity contribution in [2.45, 2.75) is 74.3 Å². The number of carbonyl (C=O) groups is 6. The fourth-order valence-electron chi connectivity index (χ4n) is 8.70. The van der Waals surface area contributed by atoms with Crippen molar-refractivity contribution in [2.24, 2.45) is 16.5 Å². The third kappa shape index (κ3) is 6.72. The second kappa shape index (κ2) is 14.9. The lowest BCUT2D eigenvalue weighted by Crippen LogP contribution is -2.74. The van der Waals surface area contributed by atoms with Crippen molar-refractivity contribution in [1.82, 2.24) is 30.5 Å². The van der Waals surface area contributed by atoms with E-state index < -0.39 is 84.5 Å². The molecular formula is C35H47N9O11. The molecule has 2 fully saturated rings. The van der Waals surface area contributed by atoms with Gasteiger partial charge in [-0.15, -0.1) is 0 Å². The summed E-state index contributed by atoms with van der Waals surface area (Å²) >= 11 is 0. The number of methoxy groups -OCH3 is 1. The van der Waals surface area contributed by atoms with Crippen LogP contribution in [0.4, 0.5) is 4.79 Å². The van der Waals surface area contributed by atoms with Crippen LogP contribution in [0.3, 0.4) is 0 Å². The Morgan fingerprint density at radius 3 is 2.64 bits per heavy atom. The van der Waals surface area contributed by atoms with Gasteiger partial charge < -0.3 is 51.4 Å². The van der Waals surface area contributed by atoms with E-state index in [1.807, 2.05) is 19.2 Å². The van der Waals surface area contributed by atoms with Crippen LogP contribution in [0, 0.1) is 0 Å². The van der Waals surface area contributed by atoms with Crippen molar-refractivity contribution in [3.63, 3.8) is 0 Å². The zero-order valence-electron chi connectivity index (χ0n) is 31.1. The quantitative estimate of drug-likeness (QED) is 0.0704. The molecule has 0 radical (unpaired) electrons. The van der Waals surface area contributed by atoms with Crippen LogP contribution in [0.2, 0.25) is 0 Å². The number of likely N-dealkylation sites (N-methyl/N-ethyl adjacent to an activating group) is 2. The van der Waals surface area contributed by atoms with E-state index >= 15 is 0 Å². The standard InChI is InChI=1S/C35H47N9O11/c1-18(45)39-15-25(46)40-20(6-5-12-38-32(36)37)30(49)43-16-21(31(50)44(43)17-26(47)48)42(3)33(51)54-23-9-10-35(52)24-14-19-7-8-22(53-4)28-27(19)34(35,29(23)55-28)11-13-41(24)2/h7-9,20-21,24,29,52H,5-6,10-17H2,1-4H3,(H,39,45)(H,40,46)(H,47,48)(H4,36,37,38)/t20-,21-,24+,29-,34-,35+/m0/s1. The minimum atomic E-state index is -1.44. The van der Waals surface area contributed by atoms with E-state index in [4.69, 9.17) is 25.7 Å². The van der Waals surface area contributed by atoms with E-state index in [-0.39, 0.29) is 43.6 Å². The van der Waals surface area contributed by atoms with Gasteiger partial charge >= 0.3 is 12.1 Å². The Morgan fingerprint density at radius 1 is 1.22 bits per heavy atom. The molecule has 1 spiro atoms. The maximum atomic E-state index is 14.0. The number of rotatable bonds is 13. The van der Waals surface area contributed by atoms with Crippen LogP contribution in [-0.4, -0.2) is 155 Å². The number of aliphatic carboxylic acids is 1. The van der Waals surface area contributed by atoms with Gasteiger partial charge in [0.2, 0.25) is 11.8 Å². The number of amides is 5. The van der Waals surface area contributed by atoms with Crippen LogP contribution in [0.1, 0.15) is 43.7 Å². The van der Waals surface area contributed by atoms with E-state index in [9.17, 15) is 39.0 Å². The smallest absolute Gasteiger partial charge is 0.415 e. The molecule has 5 amide bonds. The molecule has 298 valence electrons. The highest BCUT2D eigenvalue weighted by molar-refractivity contribution is 5.96. The average molecular weight is 770 g/mol. The Hall–Kier alpha value is -5.63. The zero-order chi connectivity index (χ0) is 40.0. The van der Waals surface area contributed by atoms with Crippen LogP contribution >= 0.6 is 0 Å². The fourth-order valence-corrected chi connectivity index (χ4v) is 8.70. The van der Waals surface area contributed by atoms with Crippen molar-refractivity contribution >= 4 is 41.7 Å². The zero-order valence-corrected chi connectivity index (χ0v) is 31.1. The molecule has 0 saturated carbocycles. The molecule has 3 heterocycles. The number of carbonyl (C=O) groups excluding carboxylic acids is 5. The first-order chi connectivity index (χ1) is 26.0. The SMILES string of the molecule is COc1ccc2c3c1O[C@H]1C(OC(=O)N(C)[C@H]4CN(C(=O)[C@H](CCCN=C(N)N)NC(=O)CNC(C)=O)N(CC(=O)O)C4=O)=CC[C@@]4(O)[C@@H](C2)N(C)CC[C@]314. The second-order valence-corrected chi connectivity index (χ2v) is 14.5. The molecule has 0 aromatic heterocycles. The number of piperidine rings is 1. The minimum Gasteiger partial charge on any atom is -0.493 e. The van der Waals surface area contributed by atoms with Crippen molar-refractivity contribution in [1.29, 1.82) is 0 Å². The minimum absolute atomic E-state index is 0.0231. The predicted octanol–water partition coefficient (Wildman–Crippen LogP) is -2.25. The largest absolute Gasteiger partial charge is 0.493 e. The van der Waals surface area contributed by atoms with Crippen molar-refractivity contribution in [3.05, 3.63) is 35.1 Å². The van der Waals surface area contributed by atoms with Crippen LogP contribution in [0.15, 0.2) is 29.0 Å². The molecule has 55 heavy (non-hydrogen) atoms. The number of nitrogens with zero attached hydrogens (tertiary/aromatic N) is 5. The molecule has 8 N–H and O–H groups in total. The predicted molar refractivity (Wildman–Crippen MR) is 191 cm³/mol. The molecule has 2 bridgehead atoms. The van der Waals surface area contributed by atoms with Crippen molar-refractivity contribution in [2.75, 3.05) is 53.9 Å². The number of hydrogen-bond donors (Lipinski definition) is 6. The summed E-state index contributed by atoms with van der Waals surface area (Å²) in [7, 11) is 4.78. The molecular weight excluding hydrogens is 722 g/mol. The first-order valence-corrected chi connectivity index (χ1v) is 17.9. The summed E-state index contributed by atoms with van der Waals surface area (Å²) < 4.78 is 18.2. The van der Waals surface area contributed by atoms with E-state index in [0.29, 0.717) is 35.9 Å².